The van der Waals surface area contributed by atoms with Gasteiger partial charge in [-0.05, 0) is 35.8 Å². The molecule has 0 saturated carbocycles. The molecule has 0 bridgehead atoms. The summed E-state index contributed by atoms with van der Waals surface area (Å²) in [5.41, 5.74) is 0.710. The van der Waals surface area contributed by atoms with Gasteiger partial charge in [0.25, 0.3) is 0 Å². The maximum Gasteiger partial charge on any atom is 0.416 e. The second-order valence-corrected chi connectivity index (χ2v) is 5.78. The smallest absolute Gasteiger partial charge is 0.416 e. The second-order valence-electron chi connectivity index (χ2n) is 5.78. The van der Waals surface area contributed by atoms with Crippen molar-refractivity contribution in [3.63, 3.8) is 0 Å². The van der Waals surface area contributed by atoms with E-state index in [4.69, 9.17) is 4.74 Å². The Balaban J connectivity index is 2.17. The lowest BCUT2D eigenvalue weighted by Crippen LogP contribution is -2.33. The SMILES string of the molecule is COC(=O)C(NC(=O)C=C(C)c1ccc(C(F)(F)F)cc1)c1ccccc1. The monoisotopic (exact) mass is 377 g/mol. The lowest BCUT2D eigenvalue weighted by Gasteiger charge is -2.16. The average molecular weight is 377 g/mol. The number of esters is 1. The molecular weight excluding hydrogens is 359 g/mol. The maximum absolute atomic E-state index is 12.6. The van der Waals surface area contributed by atoms with Crippen LogP contribution < -0.4 is 5.32 Å². The van der Waals surface area contributed by atoms with Gasteiger partial charge in [-0.2, -0.15) is 13.2 Å². The van der Waals surface area contributed by atoms with Gasteiger partial charge in [-0.15, -0.1) is 0 Å². The van der Waals surface area contributed by atoms with Crippen molar-refractivity contribution in [3.05, 3.63) is 77.4 Å². The van der Waals surface area contributed by atoms with Crippen LogP contribution in [0.2, 0.25) is 0 Å². The summed E-state index contributed by atoms with van der Waals surface area (Å²) < 4.78 is 42.6. The molecule has 0 aliphatic heterocycles. The standard InChI is InChI=1S/C20H18F3NO3/c1-13(14-8-10-16(11-9-14)20(21,22)23)12-17(25)24-18(19(26)27-2)15-6-4-3-5-7-15/h3-12,18H,1-2H3,(H,24,25). The summed E-state index contributed by atoms with van der Waals surface area (Å²) in [7, 11) is 1.22. The molecule has 0 spiro atoms. The Bertz CT molecular complexity index is 828. The van der Waals surface area contributed by atoms with E-state index in [1.54, 1.807) is 37.3 Å². The molecule has 2 aromatic rings. The lowest BCUT2D eigenvalue weighted by molar-refractivity contribution is -0.144. The molecule has 7 heteroatoms. The van der Waals surface area contributed by atoms with E-state index in [1.165, 1.54) is 25.3 Å². The first-order chi connectivity index (χ1) is 12.7. The van der Waals surface area contributed by atoms with Gasteiger partial charge >= 0.3 is 12.1 Å². The highest BCUT2D eigenvalue weighted by Crippen LogP contribution is 2.30. The van der Waals surface area contributed by atoms with Crippen molar-refractivity contribution in [3.8, 4) is 0 Å². The summed E-state index contributed by atoms with van der Waals surface area (Å²) in [4.78, 5) is 24.3. The van der Waals surface area contributed by atoms with E-state index in [9.17, 15) is 22.8 Å². The van der Waals surface area contributed by atoms with Crippen LogP contribution in [0.15, 0.2) is 60.7 Å². The molecule has 1 unspecified atom stereocenters. The molecule has 27 heavy (non-hydrogen) atoms. The quantitative estimate of drug-likeness (QED) is 0.629. The number of halogens is 3. The van der Waals surface area contributed by atoms with E-state index in [0.717, 1.165) is 12.1 Å². The molecule has 1 atom stereocenters. The second kappa shape index (κ2) is 8.53. The number of carbonyl (C=O) groups is 2. The molecular formula is C20H18F3NO3. The van der Waals surface area contributed by atoms with Crippen molar-refractivity contribution in [2.24, 2.45) is 0 Å². The van der Waals surface area contributed by atoms with Crippen molar-refractivity contribution in [1.82, 2.24) is 5.32 Å². The number of carbonyl (C=O) groups excluding carboxylic acids is 2. The maximum atomic E-state index is 12.6. The zero-order valence-electron chi connectivity index (χ0n) is 14.7. The van der Waals surface area contributed by atoms with Gasteiger partial charge in [0.2, 0.25) is 5.91 Å². The number of amides is 1. The largest absolute Gasteiger partial charge is 0.467 e. The Kier molecular flexibility index (Phi) is 6.39. The molecule has 0 fully saturated rings. The highest BCUT2D eigenvalue weighted by atomic mass is 19.4. The first-order valence-electron chi connectivity index (χ1n) is 8.01. The fraction of sp³-hybridized carbons (Fsp3) is 0.200. The highest BCUT2D eigenvalue weighted by molar-refractivity contribution is 5.97. The predicted molar refractivity (Wildman–Crippen MR) is 94.4 cm³/mol. The fourth-order valence-corrected chi connectivity index (χ4v) is 2.43. The van der Waals surface area contributed by atoms with E-state index >= 15 is 0 Å². The number of hydrogen-bond donors (Lipinski definition) is 1. The van der Waals surface area contributed by atoms with Gasteiger partial charge in [0.1, 0.15) is 0 Å². The Labute approximate surface area is 154 Å². The predicted octanol–water partition coefficient (Wildman–Crippen LogP) is 4.14. The summed E-state index contributed by atoms with van der Waals surface area (Å²) in [6.07, 6.45) is -3.20. The fourth-order valence-electron chi connectivity index (χ4n) is 2.43. The number of rotatable bonds is 5. The summed E-state index contributed by atoms with van der Waals surface area (Å²) >= 11 is 0. The zero-order valence-corrected chi connectivity index (χ0v) is 14.7. The number of allylic oxidation sites excluding steroid dienone is 1. The van der Waals surface area contributed by atoms with Crippen LogP contribution in [0, 0.1) is 0 Å². The van der Waals surface area contributed by atoms with E-state index in [0.29, 0.717) is 16.7 Å². The first-order valence-corrected chi connectivity index (χ1v) is 8.01. The molecule has 2 rings (SSSR count). The summed E-state index contributed by atoms with van der Waals surface area (Å²) in [6, 6.07) is 12.1. The third-order valence-electron chi connectivity index (χ3n) is 3.87. The average Bonchev–Trinajstić information content (AvgIpc) is 2.65. The van der Waals surface area contributed by atoms with E-state index in [1.807, 2.05) is 0 Å². The van der Waals surface area contributed by atoms with Gasteiger partial charge in [-0.3, -0.25) is 4.79 Å². The Morgan fingerprint density at radius 1 is 1.04 bits per heavy atom. The first kappa shape index (κ1) is 20.2. The summed E-state index contributed by atoms with van der Waals surface area (Å²) in [5, 5.41) is 2.55. The van der Waals surface area contributed by atoms with Crippen LogP contribution in [0.4, 0.5) is 13.2 Å². The van der Waals surface area contributed by atoms with Gasteiger partial charge in [-0.1, -0.05) is 42.5 Å². The van der Waals surface area contributed by atoms with Crippen molar-refractivity contribution < 1.29 is 27.5 Å². The van der Waals surface area contributed by atoms with Crippen LogP contribution in [0.5, 0.6) is 0 Å². The molecule has 1 N–H and O–H groups in total. The van der Waals surface area contributed by atoms with Crippen molar-refractivity contribution >= 4 is 17.4 Å². The number of hydrogen-bond acceptors (Lipinski definition) is 3. The number of methoxy groups -OCH3 is 1. The van der Waals surface area contributed by atoms with Crippen LogP contribution in [0.3, 0.4) is 0 Å². The molecule has 142 valence electrons. The normalized spacial score (nSPS) is 13.0. The molecule has 0 aliphatic carbocycles. The van der Waals surface area contributed by atoms with E-state index in [2.05, 4.69) is 5.32 Å². The van der Waals surface area contributed by atoms with Crippen molar-refractivity contribution in [1.29, 1.82) is 0 Å². The molecule has 0 saturated heterocycles. The van der Waals surface area contributed by atoms with Gasteiger partial charge in [0.15, 0.2) is 6.04 Å². The molecule has 0 heterocycles. The molecule has 0 aromatic heterocycles. The number of alkyl halides is 3. The molecule has 0 radical (unpaired) electrons. The molecule has 2 aromatic carbocycles. The van der Waals surface area contributed by atoms with Gasteiger partial charge in [0.05, 0.1) is 12.7 Å². The minimum absolute atomic E-state index is 0.456. The van der Waals surface area contributed by atoms with Gasteiger partial charge in [-0.25, -0.2) is 4.79 Å². The van der Waals surface area contributed by atoms with E-state index in [-0.39, 0.29) is 0 Å². The van der Waals surface area contributed by atoms with E-state index < -0.39 is 29.7 Å². The van der Waals surface area contributed by atoms with Crippen molar-refractivity contribution in [2.45, 2.75) is 19.1 Å². The van der Waals surface area contributed by atoms with Crippen LogP contribution in [0.1, 0.15) is 29.7 Å². The Hall–Kier alpha value is -3.09. The summed E-state index contributed by atoms with van der Waals surface area (Å²) in [6.45, 7) is 1.60. The Morgan fingerprint density at radius 3 is 2.15 bits per heavy atom. The number of benzene rings is 2. The van der Waals surface area contributed by atoms with Gasteiger partial charge in [0, 0.05) is 6.08 Å². The molecule has 4 nitrogen and oxygen atoms in total. The number of nitrogens with one attached hydrogen (secondary N) is 1. The molecule has 1 amide bonds. The van der Waals surface area contributed by atoms with Crippen LogP contribution in [-0.2, 0) is 20.5 Å². The lowest BCUT2D eigenvalue weighted by atomic mass is 10.0. The van der Waals surface area contributed by atoms with Gasteiger partial charge < -0.3 is 10.1 Å². The zero-order chi connectivity index (χ0) is 20.0. The third kappa shape index (κ3) is 5.44. The number of ether oxygens (including phenoxy) is 1. The van der Waals surface area contributed by atoms with Crippen molar-refractivity contribution in [2.75, 3.05) is 7.11 Å². The van der Waals surface area contributed by atoms with Crippen LogP contribution in [0.25, 0.3) is 5.57 Å². The minimum atomic E-state index is -4.42. The molecule has 0 aliphatic rings. The highest BCUT2D eigenvalue weighted by Gasteiger charge is 2.30. The minimum Gasteiger partial charge on any atom is -0.467 e. The van der Waals surface area contributed by atoms with Crippen LogP contribution >= 0.6 is 0 Å². The third-order valence-corrected chi connectivity index (χ3v) is 3.87. The summed E-state index contributed by atoms with van der Waals surface area (Å²) in [5.74, 6) is -1.19. The van der Waals surface area contributed by atoms with Crippen LogP contribution in [-0.4, -0.2) is 19.0 Å². The topological polar surface area (TPSA) is 55.4 Å². The Morgan fingerprint density at radius 2 is 1.63 bits per heavy atom.